The SMILES string of the molecule is COC[C@](CO)(OC)C(C)C. The highest BCUT2D eigenvalue weighted by Gasteiger charge is 2.32. The molecule has 1 atom stereocenters. The first-order valence-electron chi connectivity index (χ1n) is 3.78. The number of methoxy groups -OCH3 is 2. The molecule has 0 spiro atoms. The Kier molecular flexibility index (Phi) is 4.65. The highest BCUT2D eigenvalue weighted by atomic mass is 16.5. The summed E-state index contributed by atoms with van der Waals surface area (Å²) in [4.78, 5) is 0. The summed E-state index contributed by atoms with van der Waals surface area (Å²) >= 11 is 0. The Bertz CT molecular complexity index is 97.5. The minimum atomic E-state index is -0.533. The number of hydrogen-bond acceptors (Lipinski definition) is 3. The van der Waals surface area contributed by atoms with Crippen LogP contribution in [-0.4, -0.2) is 38.1 Å². The monoisotopic (exact) mass is 162 g/mol. The third-order valence-electron chi connectivity index (χ3n) is 2.12. The molecule has 0 rings (SSSR count). The average Bonchev–Trinajstić information content (AvgIpc) is 2.00. The van der Waals surface area contributed by atoms with Crippen molar-refractivity contribution in [2.75, 3.05) is 27.4 Å². The first-order valence-corrected chi connectivity index (χ1v) is 3.78. The molecule has 0 fully saturated rings. The van der Waals surface area contributed by atoms with Gasteiger partial charge in [0.25, 0.3) is 0 Å². The van der Waals surface area contributed by atoms with E-state index in [1.807, 2.05) is 13.8 Å². The molecule has 3 heteroatoms. The largest absolute Gasteiger partial charge is 0.393 e. The summed E-state index contributed by atoms with van der Waals surface area (Å²) in [6.45, 7) is 4.42. The van der Waals surface area contributed by atoms with Gasteiger partial charge < -0.3 is 14.6 Å². The van der Waals surface area contributed by atoms with Gasteiger partial charge in [0.1, 0.15) is 5.60 Å². The van der Waals surface area contributed by atoms with Crippen LogP contribution in [-0.2, 0) is 9.47 Å². The summed E-state index contributed by atoms with van der Waals surface area (Å²) in [7, 11) is 3.20. The van der Waals surface area contributed by atoms with Gasteiger partial charge in [0.15, 0.2) is 0 Å². The zero-order valence-electron chi connectivity index (χ0n) is 7.76. The molecule has 11 heavy (non-hydrogen) atoms. The number of aliphatic hydroxyl groups is 1. The third kappa shape index (κ3) is 2.43. The van der Waals surface area contributed by atoms with E-state index in [1.165, 1.54) is 0 Å². The molecule has 0 amide bonds. The van der Waals surface area contributed by atoms with Crippen LogP contribution < -0.4 is 0 Å². The van der Waals surface area contributed by atoms with Gasteiger partial charge in [0.05, 0.1) is 13.2 Å². The topological polar surface area (TPSA) is 38.7 Å². The van der Waals surface area contributed by atoms with Gasteiger partial charge in [-0.05, 0) is 5.92 Å². The molecule has 0 aliphatic heterocycles. The van der Waals surface area contributed by atoms with Gasteiger partial charge in [-0.3, -0.25) is 0 Å². The molecule has 0 aromatic heterocycles. The second kappa shape index (κ2) is 4.70. The number of rotatable bonds is 5. The molecule has 1 N–H and O–H groups in total. The Morgan fingerprint density at radius 2 is 1.91 bits per heavy atom. The van der Waals surface area contributed by atoms with Crippen molar-refractivity contribution in [3.63, 3.8) is 0 Å². The van der Waals surface area contributed by atoms with Gasteiger partial charge in [-0.1, -0.05) is 13.8 Å². The van der Waals surface area contributed by atoms with Crippen molar-refractivity contribution in [3.05, 3.63) is 0 Å². The fourth-order valence-corrected chi connectivity index (χ4v) is 0.998. The summed E-state index contributed by atoms with van der Waals surface area (Å²) in [5.41, 5.74) is -0.533. The molecule has 0 saturated carbocycles. The van der Waals surface area contributed by atoms with Crippen molar-refractivity contribution in [2.45, 2.75) is 19.4 Å². The maximum absolute atomic E-state index is 9.07. The quantitative estimate of drug-likeness (QED) is 0.645. The highest BCUT2D eigenvalue weighted by Crippen LogP contribution is 2.20. The summed E-state index contributed by atoms with van der Waals surface area (Å²) in [6, 6.07) is 0. The van der Waals surface area contributed by atoms with Crippen molar-refractivity contribution in [1.29, 1.82) is 0 Å². The summed E-state index contributed by atoms with van der Waals surface area (Å²) in [6.07, 6.45) is 0. The minimum absolute atomic E-state index is 0.00495. The molecule has 0 aromatic carbocycles. The van der Waals surface area contributed by atoms with E-state index in [4.69, 9.17) is 14.6 Å². The van der Waals surface area contributed by atoms with E-state index in [0.29, 0.717) is 6.61 Å². The second-order valence-electron chi connectivity index (χ2n) is 3.01. The molecule has 3 nitrogen and oxygen atoms in total. The molecular weight excluding hydrogens is 144 g/mol. The van der Waals surface area contributed by atoms with Crippen molar-refractivity contribution in [1.82, 2.24) is 0 Å². The highest BCUT2D eigenvalue weighted by molar-refractivity contribution is 4.82. The first-order chi connectivity index (χ1) is 5.13. The zero-order chi connectivity index (χ0) is 8.91. The van der Waals surface area contributed by atoms with E-state index >= 15 is 0 Å². The van der Waals surface area contributed by atoms with E-state index in [9.17, 15) is 0 Å². The van der Waals surface area contributed by atoms with Crippen LogP contribution in [0.3, 0.4) is 0 Å². The predicted octanol–water partition coefficient (Wildman–Crippen LogP) is 0.666. The maximum Gasteiger partial charge on any atom is 0.116 e. The lowest BCUT2D eigenvalue weighted by Gasteiger charge is -2.33. The van der Waals surface area contributed by atoms with Gasteiger partial charge in [-0.25, -0.2) is 0 Å². The van der Waals surface area contributed by atoms with Crippen LogP contribution in [0.2, 0.25) is 0 Å². The summed E-state index contributed by atoms with van der Waals surface area (Å²) < 4.78 is 10.2. The normalized spacial score (nSPS) is 16.9. The van der Waals surface area contributed by atoms with Crippen molar-refractivity contribution < 1.29 is 14.6 Å². The van der Waals surface area contributed by atoms with Crippen LogP contribution in [0.25, 0.3) is 0 Å². The summed E-state index contributed by atoms with van der Waals surface area (Å²) in [5.74, 6) is 0.248. The minimum Gasteiger partial charge on any atom is -0.393 e. The first kappa shape index (κ1) is 10.9. The van der Waals surface area contributed by atoms with Crippen LogP contribution >= 0.6 is 0 Å². The maximum atomic E-state index is 9.07. The molecule has 0 radical (unpaired) electrons. The molecule has 0 unspecified atom stereocenters. The zero-order valence-corrected chi connectivity index (χ0v) is 7.76. The Hall–Kier alpha value is -0.120. The molecular formula is C8H18O3. The van der Waals surface area contributed by atoms with E-state index in [1.54, 1.807) is 14.2 Å². The van der Waals surface area contributed by atoms with Gasteiger partial charge in [0, 0.05) is 14.2 Å². The molecule has 68 valence electrons. The third-order valence-corrected chi connectivity index (χ3v) is 2.12. The van der Waals surface area contributed by atoms with Crippen LogP contribution in [0.15, 0.2) is 0 Å². The van der Waals surface area contributed by atoms with Crippen LogP contribution in [0.4, 0.5) is 0 Å². The Morgan fingerprint density at radius 3 is 2.00 bits per heavy atom. The lowest BCUT2D eigenvalue weighted by Crippen LogP contribution is -2.45. The molecule has 0 heterocycles. The molecule has 0 saturated heterocycles. The fraction of sp³-hybridized carbons (Fsp3) is 1.00. The van der Waals surface area contributed by atoms with Crippen molar-refractivity contribution >= 4 is 0 Å². The van der Waals surface area contributed by atoms with Gasteiger partial charge >= 0.3 is 0 Å². The Balaban J connectivity index is 4.20. The van der Waals surface area contributed by atoms with Crippen LogP contribution in [0, 0.1) is 5.92 Å². The standard InChI is InChI=1S/C8H18O3/c1-7(2)8(5-9,11-4)6-10-3/h7,9H,5-6H2,1-4H3/t8-/m0/s1. The van der Waals surface area contributed by atoms with Crippen LogP contribution in [0.5, 0.6) is 0 Å². The summed E-state index contributed by atoms with van der Waals surface area (Å²) in [5, 5.41) is 9.07. The van der Waals surface area contributed by atoms with Gasteiger partial charge in [-0.2, -0.15) is 0 Å². The molecule has 0 bridgehead atoms. The van der Waals surface area contributed by atoms with E-state index in [2.05, 4.69) is 0 Å². The second-order valence-corrected chi connectivity index (χ2v) is 3.01. The van der Waals surface area contributed by atoms with E-state index in [-0.39, 0.29) is 12.5 Å². The number of hydrogen-bond donors (Lipinski definition) is 1. The van der Waals surface area contributed by atoms with Gasteiger partial charge in [0.2, 0.25) is 0 Å². The molecule has 0 aliphatic rings. The van der Waals surface area contributed by atoms with Crippen molar-refractivity contribution in [2.24, 2.45) is 5.92 Å². The van der Waals surface area contributed by atoms with E-state index < -0.39 is 5.60 Å². The van der Waals surface area contributed by atoms with Crippen LogP contribution in [0.1, 0.15) is 13.8 Å². The fourth-order valence-electron chi connectivity index (χ4n) is 0.998. The lowest BCUT2D eigenvalue weighted by molar-refractivity contribution is -0.122. The number of aliphatic hydroxyl groups excluding tert-OH is 1. The molecule has 0 aromatic rings. The smallest absolute Gasteiger partial charge is 0.116 e. The number of ether oxygens (including phenoxy) is 2. The van der Waals surface area contributed by atoms with Gasteiger partial charge in [-0.15, -0.1) is 0 Å². The Morgan fingerprint density at radius 1 is 1.36 bits per heavy atom. The van der Waals surface area contributed by atoms with E-state index in [0.717, 1.165) is 0 Å². The lowest BCUT2D eigenvalue weighted by atomic mass is 9.92. The molecule has 0 aliphatic carbocycles. The Labute approximate surface area is 68.3 Å². The van der Waals surface area contributed by atoms with Crippen molar-refractivity contribution in [3.8, 4) is 0 Å². The average molecular weight is 162 g/mol. The predicted molar refractivity (Wildman–Crippen MR) is 43.5 cm³/mol.